The van der Waals surface area contributed by atoms with Crippen LogP contribution in [0, 0.1) is 5.92 Å². The summed E-state index contributed by atoms with van der Waals surface area (Å²) in [6, 6.07) is 6.78. The first kappa shape index (κ1) is 11.5. The number of halogens is 2. The van der Waals surface area contributed by atoms with Gasteiger partial charge in [0.1, 0.15) is 0 Å². The minimum Gasteiger partial charge on any atom is -0.317 e. The highest BCUT2D eigenvalue weighted by molar-refractivity contribution is 5.30. The molecular formula is C13H17F2N. The molecule has 2 atom stereocenters. The molecule has 0 saturated heterocycles. The standard InChI is InChI=1S/C13H17F2N/c1-2-16-8-11-7-12(11)9-3-5-10(6-4-9)13(14)15/h3-6,11-13,16H,2,7-8H2,1H3. The van der Waals surface area contributed by atoms with Crippen LogP contribution < -0.4 is 5.32 Å². The molecule has 1 aromatic rings. The predicted molar refractivity (Wildman–Crippen MR) is 60.8 cm³/mol. The van der Waals surface area contributed by atoms with Gasteiger partial charge in [-0.05, 0) is 36.9 Å². The Kier molecular flexibility index (Phi) is 3.54. The van der Waals surface area contributed by atoms with Crippen molar-refractivity contribution in [2.75, 3.05) is 13.1 Å². The van der Waals surface area contributed by atoms with Crippen LogP contribution in [0.2, 0.25) is 0 Å². The summed E-state index contributed by atoms with van der Waals surface area (Å²) in [7, 11) is 0. The average Bonchev–Trinajstić information content (AvgIpc) is 3.06. The van der Waals surface area contributed by atoms with Gasteiger partial charge in [-0.15, -0.1) is 0 Å². The molecule has 0 aromatic heterocycles. The molecule has 0 amide bonds. The topological polar surface area (TPSA) is 12.0 Å². The summed E-state index contributed by atoms with van der Waals surface area (Å²) in [5, 5.41) is 3.32. The van der Waals surface area contributed by atoms with E-state index in [-0.39, 0.29) is 5.56 Å². The normalized spacial score (nSPS) is 23.8. The maximum absolute atomic E-state index is 12.3. The summed E-state index contributed by atoms with van der Waals surface area (Å²) >= 11 is 0. The number of alkyl halides is 2. The first-order chi connectivity index (χ1) is 7.72. The van der Waals surface area contributed by atoms with Gasteiger partial charge in [0, 0.05) is 5.56 Å². The van der Waals surface area contributed by atoms with Crippen molar-refractivity contribution in [1.82, 2.24) is 5.32 Å². The number of hydrogen-bond donors (Lipinski definition) is 1. The van der Waals surface area contributed by atoms with Crippen LogP contribution in [-0.4, -0.2) is 13.1 Å². The van der Waals surface area contributed by atoms with E-state index in [0.29, 0.717) is 11.8 Å². The lowest BCUT2D eigenvalue weighted by Gasteiger charge is -2.03. The van der Waals surface area contributed by atoms with Gasteiger partial charge in [0.25, 0.3) is 6.43 Å². The summed E-state index contributed by atoms with van der Waals surface area (Å²) in [6.45, 7) is 4.13. The zero-order valence-corrected chi connectivity index (χ0v) is 9.42. The molecule has 2 rings (SSSR count). The zero-order valence-electron chi connectivity index (χ0n) is 9.42. The second kappa shape index (κ2) is 4.91. The van der Waals surface area contributed by atoms with Crippen LogP contribution in [0.25, 0.3) is 0 Å². The van der Waals surface area contributed by atoms with Crippen LogP contribution >= 0.6 is 0 Å². The van der Waals surface area contributed by atoms with Gasteiger partial charge >= 0.3 is 0 Å². The van der Waals surface area contributed by atoms with Gasteiger partial charge in [0.05, 0.1) is 0 Å². The molecule has 0 heterocycles. The average molecular weight is 225 g/mol. The van der Waals surface area contributed by atoms with E-state index in [2.05, 4.69) is 12.2 Å². The molecule has 0 bridgehead atoms. The van der Waals surface area contributed by atoms with E-state index in [9.17, 15) is 8.78 Å². The molecule has 88 valence electrons. The van der Waals surface area contributed by atoms with Crippen LogP contribution in [0.15, 0.2) is 24.3 Å². The van der Waals surface area contributed by atoms with Crippen LogP contribution in [0.1, 0.15) is 36.8 Å². The Balaban J connectivity index is 1.92. The monoisotopic (exact) mass is 225 g/mol. The maximum atomic E-state index is 12.3. The van der Waals surface area contributed by atoms with E-state index < -0.39 is 6.43 Å². The molecule has 2 unspecified atom stereocenters. The quantitative estimate of drug-likeness (QED) is 0.810. The third kappa shape index (κ3) is 2.59. The molecule has 1 aliphatic carbocycles. The lowest BCUT2D eigenvalue weighted by molar-refractivity contribution is 0.151. The molecule has 1 aliphatic rings. The van der Waals surface area contributed by atoms with Gasteiger partial charge in [0.15, 0.2) is 0 Å². The van der Waals surface area contributed by atoms with E-state index >= 15 is 0 Å². The summed E-state index contributed by atoms with van der Waals surface area (Å²) in [5.41, 5.74) is 1.32. The Labute approximate surface area is 94.9 Å². The highest BCUT2D eigenvalue weighted by atomic mass is 19.3. The van der Waals surface area contributed by atoms with Crippen LogP contribution in [0.3, 0.4) is 0 Å². The van der Waals surface area contributed by atoms with Crippen molar-refractivity contribution in [3.05, 3.63) is 35.4 Å². The van der Waals surface area contributed by atoms with Crippen molar-refractivity contribution in [3.8, 4) is 0 Å². The first-order valence-electron chi connectivity index (χ1n) is 5.81. The van der Waals surface area contributed by atoms with Crippen molar-refractivity contribution in [3.63, 3.8) is 0 Å². The fourth-order valence-corrected chi connectivity index (χ4v) is 2.10. The third-order valence-electron chi connectivity index (χ3n) is 3.20. The molecule has 1 aromatic carbocycles. The van der Waals surface area contributed by atoms with Gasteiger partial charge in [-0.1, -0.05) is 31.2 Å². The number of nitrogens with one attached hydrogen (secondary N) is 1. The summed E-state index contributed by atoms with van der Waals surface area (Å²) < 4.78 is 24.7. The fraction of sp³-hybridized carbons (Fsp3) is 0.538. The van der Waals surface area contributed by atoms with E-state index in [1.54, 1.807) is 12.1 Å². The van der Waals surface area contributed by atoms with Crippen molar-refractivity contribution < 1.29 is 8.78 Å². The Morgan fingerprint density at radius 3 is 2.56 bits per heavy atom. The molecule has 0 spiro atoms. The highest BCUT2D eigenvalue weighted by Gasteiger charge is 2.37. The second-order valence-corrected chi connectivity index (χ2v) is 4.38. The first-order valence-corrected chi connectivity index (χ1v) is 5.81. The van der Waals surface area contributed by atoms with E-state index in [4.69, 9.17) is 0 Å². The molecule has 0 radical (unpaired) electrons. The smallest absolute Gasteiger partial charge is 0.263 e. The Hall–Kier alpha value is -0.960. The van der Waals surface area contributed by atoms with Crippen LogP contribution in [-0.2, 0) is 0 Å². The number of rotatable bonds is 5. The van der Waals surface area contributed by atoms with Crippen molar-refractivity contribution >= 4 is 0 Å². The molecule has 16 heavy (non-hydrogen) atoms. The molecule has 1 saturated carbocycles. The summed E-state index contributed by atoms with van der Waals surface area (Å²) in [4.78, 5) is 0. The SMILES string of the molecule is CCNCC1CC1c1ccc(C(F)F)cc1. The molecule has 1 N–H and O–H groups in total. The molecule has 3 heteroatoms. The minimum atomic E-state index is -2.36. The van der Waals surface area contributed by atoms with Gasteiger partial charge in [-0.3, -0.25) is 0 Å². The number of benzene rings is 1. The second-order valence-electron chi connectivity index (χ2n) is 4.38. The Morgan fingerprint density at radius 2 is 2.00 bits per heavy atom. The van der Waals surface area contributed by atoms with Gasteiger partial charge < -0.3 is 5.32 Å². The van der Waals surface area contributed by atoms with E-state index in [0.717, 1.165) is 13.1 Å². The van der Waals surface area contributed by atoms with E-state index in [1.807, 2.05) is 12.1 Å². The fourth-order valence-electron chi connectivity index (χ4n) is 2.10. The molecular weight excluding hydrogens is 208 g/mol. The molecule has 1 nitrogen and oxygen atoms in total. The van der Waals surface area contributed by atoms with Crippen molar-refractivity contribution in [2.24, 2.45) is 5.92 Å². The maximum Gasteiger partial charge on any atom is 0.263 e. The minimum absolute atomic E-state index is 0.118. The molecule has 0 aliphatic heterocycles. The van der Waals surface area contributed by atoms with Crippen LogP contribution in [0.5, 0.6) is 0 Å². The number of hydrogen-bond acceptors (Lipinski definition) is 1. The third-order valence-corrected chi connectivity index (χ3v) is 3.20. The Morgan fingerprint density at radius 1 is 1.31 bits per heavy atom. The lowest BCUT2D eigenvalue weighted by atomic mass is 10.1. The van der Waals surface area contributed by atoms with Gasteiger partial charge in [-0.2, -0.15) is 0 Å². The zero-order chi connectivity index (χ0) is 11.5. The van der Waals surface area contributed by atoms with Gasteiger partial charge in [0.2, 0.25) is 0 Å². The summed E-state index contributed by atoms with van der Waals surface area (Å²) in [5.74, 6) is 1.27. The molecule has 1 fully saturated rings. The lowest BCUT2D eigenvalue weighted by Crippen LogP contribution is -2.16. The predicted octanol–water partition coefficient (Wildman–Crippen LogP) is 3.34. The van der Waals surface area contributed by atoms with Gasteiger partial charge in [-0.25, -0.2) is 8.78 Å². The largest absolute Gasteiger partial charge is 0.317 e. The highest BCUT2D eigenvalue weighted by Crippen LogP contribution is 2.47. The van der Waals surface area contributed by atoms with Crippen molar-refractivity contribution in [2.45, 2.75) is 25.7 Å². The van der Waals surface area contributed by atoms with Crippen LogP contribution in [0.4, 0.5) is 8.78 Å². The Bertz CT molecular complexity index is 334. The van der Waals surface area contributed by atoms with E-state index in [1.165, 1.54) is 12.0 Å². The van der Waals surface area contributed by atoms with Crippen molar-refractivity contribution in [1.29, 1.82) is 0 Å². The summed E-state index contributed by atoms with van der Waals surface area (Å²) in [6.07, 6.45) is -1.17.